The quantitative estimate of drug-likeness (QED) is 0.677. The molecule has 7 heteroatoms. The number of carbonyl (C=O) groups is 2. The number of nitrogens with zero attached hydrogens (tertiary/aromatic N) is 2. The van der Waals surface area contributed by atoms with E-state index in [0.29, 0.717) is 17.6 Å². The summed E-state index contributed by atoms with van der Waals surface area (Å²) in [6.45, 7) is 0.315. The largest absolute Gasteiger partial charge is 0.478 e. The third kappa shape index (κ3) is 2.78. The van der Waals surface area contributed by atoms with Gasteiger partial charge in [-0.2, -0.15) is 0 Å². The van der Waals surface area contributed by atoms with Gasteiger partial charge in [-0.3, -0.25) is 9.89 Å². The highest BCUT2D eigenvalue weighted by Gasteiger charge is 2.08. The van der Waals surface area contributed by atoms with Gasteiger partial charge in [-0.25, -0.2) is 4.79 Å². The summed E-state index contributed by atoms with van der Waals surface area (Å²) in [6.07, 6.45) is 0. The number of hydrogen-bond donors (Lipinski definition) is 3. The van der Waals surface area contributed by atoms with E-state index in [1.807, 2.05) is 0 Å². The second-order valence-corrected chi connectivity index (χ2v) is 4.73. The maximum Gasteiger partial charge on any atom is 0.335 e. The molecule has 0 aliphatic heterocycles. The molecule has 1 heterocycles. The molecule has 0 atom stereocenters. The van der Waals surface area contributed by atoms with Gasteiger partial charge in [0.2, 0.25) is 0 Å². The monoisotopic (exact) mass is 296 g/mol. The topological polar surface area (TPSA) is 108 Å². The number of nitrogens with one attached hydrogen (secondary N) is 2. The number of aromatic nitrogens is 3. The van der Waals surface area contributed by atoms with E-state index in [1.54, 1.807) is 30.3 Å². The van der Waals surface area contributed by atoms with Gasteiger partial charge in [-0.05, 0) is 35.9 Å². The summed E-state index contributed by atoms with van der Waals surface area (Å²) in [5, 5.41) is 21.8. The normalized spacial score (nSPS) is 10.5. The number of fused-ring (bicyclic) bond motifs is 1. The van der Waals surface area contributed by atoms with Gasteiger partial charge < -0.3 is 10.4 Å². The van der Waals surface area contributed by atoms with E-state index in [-0.39, 0.29) is 11.5 Å². The van der Waals surface area contributed by atoms with E-state index >= 15 is 0 Å². The Hall–Kier alpha value is -3.22. The molecule has 3 rings (SSSR count). The third-order valence-electron chi connectivity index (χ3n) is 3.24. The van der Waals surface area contributed by atoms with Crippen molar-refractivity contribution < 1.29 is 14.7 Å². The maximum atomic E-state index is 12.1. The summed E-state index contributed by atoms with van der Waals surface area (Å²) in [5.74, 6) is -1.20. The highest BCUT2D eigenvalue weighted by atomic mass is 16.4. The maximum absolute atomic E-state index is 12.1. The van der Waals surface area contributed by atoms with Crippen molar-refractivity contribution in [1.29, 1.82) is 0 Å². The highest BCUT2D eigenvalue weighted by molar-refractivity contribution is 5.97. The Morgan fingerprint density at radius 3 is 2.55 bits per heavy atom. The number of carbonyl (C=O) groups excluding carboxylic acids is 1. The van der Waals surface area contributed by atoms with Crippen LogP contribution < -0.4 is 5.32 Å². The van der Waals surface area contributed by atoms with Gasteiger partial charge in [0, 0.05) is 12.1 Å². The zero-order valence-electron chi connectivity index (χ0n) is 11.4. The van der Waals surface area contributed by atoms with Gasteiger partial charge in [0.25, 0.3) is 5.91 Å². The first-order valence-electron chi connectivity index (χ1n) is 6.55. The Labute approximate surface area is 125 Å². The predicted molar refractivity (Wildman–Crippen MR) is 78.5 cm³/mol. The fourth-order valence-corrected chi connectivity index (χ4v) is 2.03. The molecule has 1 aromatic heterocycles. The van der Waals surface area contributed by atoms with Crippen molar-refractivity contribution in [2.45, 2.75) is 6.54 Å². The molecule has 7 nitrogen and oxygen atoms in total. The zero-order valence-corrected chi connectivity index (χ0v) is 11.4. The first-order valence-corrected chi connectivity index (χ1v) is 6.55. The van der Waals surface area contributed by atoms with Crippen LogP contribution in [-0.2, 0) is 6.54 Å². The van der Waals surface area contributed by atoms with Gasteiger partial charge in [0.05, 0.1) is 11.1 Å². The van der Waals surface area contributed by atoms with Crippen molar-refractivity contribution in [3.05, 3.63) is 59.2 Å². The predicted octanol–water partition coefficient (Wildman–Crippen LogP) is 1.59. The first kappa shape index (κ1) is 13.7. The lowest BCUT2D eigenvalue weighted by Gasteiger charge is -2.06. The number of carboxylic acid groups (broad SMARTS) is 1. The van der Waals surface area contributed by atoms with E-state index in [2.05, 4.69) is 20.7 Å². The number of amides is 1. The molecule has 0 aliphatic rings. The van der Waals surface area contributed by atoms with Crippen molar-refractivity contribution in [2.24, 2.45) is 0 Å². The van der Waals surface area contributed by atoms with Crippen LogP contribution in [0.25, 0.3) is 11.0 Å². The Kier molecular flexibility index (Phi) is 3.53. The van der Waals surface area contributed by atoms with Crippen LogP contribution >= 0.6 is 0 Å². The van der Waals surface area contributed by atoms with Gasteiger partial charge in [0.1, 0.15) is 5.52 Å². The number of H-pyrrole nitrogens is 1. The molecule has 2 aromatic carbocycles. The molecule has 0 saturated carbocycles. The summed E-state index contributed by atoms with van der Waals surface area (Å²) in [6, 6.07) is 11.4. The molecule has 3 aromatic rings. The number of hydrogen-bond acceptors (Lipinski definition) is 4. The molecule has 0 spiro atoms. The Bertz CT molecular complexity index is 839. The number of aromatic carboxylic acids is 1. The second-order valence-electron chi connectivity index (χ2n) is 4.73. The van der Waals surface area contributed by atoms with Gasteiger partial charge in [0.15, 0.2) is 0 Å². The molecule has 0 radical (unpaired) electrons. The third-order valence-corrected chi connectivity index (χ3v) is 3.24. The van der Waals surface area contributed by atoms with Gasteiger partial charge in [-0.15, -0.1) is 5.10 Å². The molecule has 0 bridgehead atoms. The number of benzene rings is 2. The second kappa shape index (κ2) is 5.65. The fourth-order valence-electron chi connectivity index (χ4n) is 2.03. The zero-order chi connectivity index (χ0) is 15.5. The van der Waals surface area contributed by atoms with E-state index < -0.39 is 5.97 Å². The fraction of sp³-hybridized carbons (Fsp3) is 0.0667. The van der Waals surface area contributed by atoms with Crippen molar-refractivity contribution in [2.75, 3.05) is 0 Å². The van der Waals surface area contributed by atoms with Crippen molar-refractivity contribution in [1.82, 2.24) is 20.7 Å². The molecule has 1 amide bonds. The Morgan fingerprint density at radius 1 is 1.09 bits per heavy atom. The van der Waals surface area contributed by atoms with Crippen molar-refractivity contribution in [3.8, 4) is 0 Å². The molecule has 0 fully saturated rings. The summed E-state index contributed by atoms with van der Waals surface area (Å²) in [4.78, 5) is 22.9. The van der Waals surface area contributed by atoms with Crippen molar-refractivity contribution in [3.63, 3.8) is 0 Å². The molecular formula is C15H12N4O3. The minimum atomic E-state index is -0.975. The minimum Gasteiger partial charge on any atom is -0.478 e. The molecule has 22 heavy (non-hydrogen) atoms. The molecule has 0 unspecified atom stereocenters. The van der Waals surface area contributed by atoms with Crippen LogP contribution in [0.2, 0.25) is 0 Å². The summed E-state index contributed by atoms with van der Waals surface area (Å²) in [7, 11) is 0. The van der Waals surface area contributed by atoms with Gasteiger partial charge in [-0.1, -0.05) is 17.3 Å². The van der Waals surface area contributed by atoms with E-state index in [9.17, 15) is 9.59 Å². The van der Waals surface area contributed by atoms with Crippen molar-refractivity contribution >= 4 is 22.9 Å². The lowest BCUT2D eigenvalue weighted by atomic mass is 10.1. The van der Waals surface area contributed by atoms with Crippen LogP contribution in [0.15, 0.2) is 42.5 Å². The Balaban J connectivity index is 1.67. The summed E-state index contributed by atoms with van der Waals surface area (Å²) in [5.41, 5.74) is 2.91. The number of aromatic amines is 1. The van der Waals surface area contributed by atoms with E-state index in [1.165, 1.54) is 12.1 Å². The average molecular weight is 296 g/mol. The summed E-state index contributed by atoms with van der Waals surface area (Å²) >= 11 is 0. The highest BCUT2D eigenvalue weighted by Crippen LogP contribution is 2.11. The van der Waals surface area contributed by atoms with E-state index in [4.69, 9.17) is 5.11 Å². The minimum absolute atomic E-state index is 0.214. The van der Waals surface area contributed by atoms with Crippen LogP contribution in [0.4, 0.5) is 0 Å². The lowest BCUT2D eigenvalue weighted by molar-refractivity contribution is 0.0696. The Morgan fingerprint density at radius 2 is 1.82 bits per heavy atom. The standard InChI is InChI=1S/C15H12N4O3/c20-14(11-5-6-12-13(7-11)18-19-17-12)16-8-9-1-3-10(4-2-9)15(21)22/h1-7H,8H2,(H,16,20)(H,21,22)(H,17,18,19). The SMILES string of the molecule is O=C(O)c1ccc(CNC(=O)c2ccc3[nH]nnc3c2)cc1. The lowest BCUT2D eigenvalue weighted by Crippen LogP contribution is -2.22. The molecule has 0 aliphatic carbocycles. The first-order chi connectivity index (χ1) is 10.6. The molecule has 0 saturated heterocycles. The van der Waals surface area contributed by atoms with Crippen LogP contribution in [-0.4, -0.2) is 32.4 Å². The smallest absolute Gasteiger partial charge is 0.335 e. The number of carboxylic acids is 1. The van der Waals surface area contributed by atoms with Crippen LogP contribution in [0.1, 0.15) is 26.3 Å². The molecule has 110 valence electrons. The van der Waals surface area contributed by atoms with Crippen LogP contribution in [0, 0.1) is 0 Å². The molecule has 3 N–H and O–H groups in total. The van der Waals surface area contributed by atoms with Crippen LogP contribution in [0.3, 0.4) is 0 Å². The number of rotatable bonds is 4. The van der Waals surface area contributed by atoms with Crippen LogP contribution in [0.5, 0.6) is 0 Å². The molecular weight excluding hydrogens is 284 g/mol. The van der Waals surface area contributed by atoms with Gasteiger partial charge >= 0.3 is 5.97 Å². The summed E-state index contributed by atoms with van der Waals surface area (Å²) < 4.78 is 0. The average Bonchev–Trinajstić information content (AvgIpc) is 3.00. The van der Waals surface area contributed by atoms with E-state index in [0.717, 1.165) is 11.1 Å².